The van der Waals surface area contributed by atoms with Crippen LogP contribution in [0.2, 0.25) is 0 Å². The van der Waals surface area contributed by atoms with Crippen LogP contribution in [0.3, 0.4) is 0 Å². The predicted octanol–water partition coefficient (Wildman–Crippen LogP) is 1.33. The summed E-state index contributed by atoms with van der Waals surface area (Å²) in [5.41, 5.74) is 0.625. The predicted molar refractivity (Wildman–Crippen MR) is 75.4 cm³/mol. The summed E-state index contributed by atoms with van der Waals surface area (Å²) >= 11 is 0. The molecule has 1 aromatic rings. The maximum Gasteiger partial charge on any atom is 0.251 e. The van der Waals surface area contributed by atoms with Gasteiger partial charge in [0, 0.05) is 24.6 Å². The molecular weight excluding hydrogens is 256 g/mol. The second kappa shape index (κ2) is 6.13. The zero-order valence-corrected chi connectivity index (χ0v) is 11.5. The molecule has 2 heterocycles. The Labute approximate surface area is 118 Å². The van der Waals surface area contributed by atoms with Crippen molar-refractivity contribution in [3.8, 4) is 11.5 Å². The van der Waals surface area contributed by atoms with Gasteiger partial charge in [0.25, 0.3) is 5.91 Å². The van der Waals surface area contributed by atoms with E-state index in [0.717, 1.165) is 38.1 Å². The first-order valence-electron chi connectivity index (χ1n) is 7.24. The van der Waals surface area contributed by atoms with Gasteiger partial charge in [0.2, 0.25) is 0 Å². The lowest BCUT2D eigenvalue weighted by Crippen LogP contribution is -2.45. The molecule has 2 aliphatic rings. The lowest BCUT2D eigenvalue weighted by atomic mass is 10.1. The third-order valence-electron chi connectivity index (χ3n) is 3.64. The average Bonchev–Trinajstić information content (AvgIpc) is 2.72. The van der Waals surface area contributed by atoms with Gasteiger partial charge >= 0.3 is 0 Å². The molecule has 0 bridgehead atoms. The maximum atomic E-state index is 12.2. The van der Waals surface area contributed by atoms with Crippen LogP contribution in [0.15, 0.2) is 18.2 Å². The highest BCUT2D eigenvalue weighted by atomic mass is 16.5. The summed E-state index contributed by atoms with van der Waals surface area (Å²) in [6, 6.07) is 5.59. The van der Waals surface area contributed by atoms with Gasteiger partial charge in [0.15, 0.2) is 11.5 Å². The molecule has 0 aromatic heterocycles. The minimum Gasteiger partial charge on any atom is -0.490 e. The van der Waals surface area contributed by atoms with Crippen molar-refractivity contribution in [1.82, 2.24) is 10.6 Å². The van der Waals surface area contributed by atoms with Crippen molar-refractivity contribution in [2.45, 2.75) is 25.3 Å². The van der Waals surface area contributed by atoms with E-state index in [-0.39, 0.29) is 11.9 Å². The van der Waals surface area contributed by atoms with Crippen molar-refractivity contribution in [2.75, 3.05) is 26.3 Å². The van der Waals surface area contributed by atoms with Gasteiger partial charge in [0.1, 0.15) is 0 Å². The first kappa shape index (κ1) is 13.2. The Kier molecular flexibility index (Phi) is 4.06. The molecule has 1 saturated heterocycles. The number of carbonyl (C=O) groups excluding carboxylic acids is 1. The third kappa shape index (κ3) is 3.04. The van der Waals surface area contributed by atoms with Crippen molar-refractivity contribution >= 4 is 5.91 Å². The number of fused-ring (bicyclic) bond motifs is 1. The molecule has 5 nitrogen and oxygen atoms in total. The molecule has 20 heavy (non-hydrogen) atoms. The molecule has 1 aromatic carbocycles. The van der Waals surface area contributed by atoms with Gasteiger partial charge in [-0.1, -0.05) is 0 Å². The number of rotatable bonds is 2. The highest BCUT2D eigenvalue weighted by molar-refractivity contribution is 5.95. The van der Waals surface area contributed by atoms with Crippen LogP contribution in [0.1, 0.15) is 29.6 Å². The van der Waals surface area contributed by atoms with Gasteiger partial charge in [-0.3, -0.25) is 4.79 Å². The summed E-state index contributed by atoms with van der Waals surface area (Å²) in [5, 5.41) is 6.35. The fourth-order valence-corrected chi connectivity index (χ4v) is 2.55. The topological polar surface area (TPSA) is 59.6 Å². The minimum atomic E-state index is -0.0469. The third-order valence-corrected chi connectivity index (χ3v) is 3.64. The first-order valence-corrected chi connectivity index (χ1v) is 7.24. The standard InChI is InChI=1S/C15H20N2O3/c18-15(17-12-3-1-6-16-10-12)11-4-5-13-14(9-11)20-8-2-7-19-13/h4-5,9,12,16H,1-3,6-8,10H2,(H,17,18)/t12-/m0/s1. The molecule has 0 spiro atoms. The van der Waals surface area contributed by atoms with Gasteiger partial charge in [0.05, 0.1) is 13.2 Å². The normalized spacial score (nSPS) is 21.9. The molecule has 0 radical (unpaired) electrons. The zero-order chi connectivity index (χ0) is 13.8. The molecule has 0 unspecified atom stereocenters. The second-order valence-electron chi connectivity index (χ2n) is 5.23. The Balaban J connectivity index is 1.69. The summed E-state index contributed by atoms with van der Waals surface area (Å²) in [4.78, 5) is 12.2. The summed E-state index contributed by atoms with van der Waals surface area (Å²) < 4.78 is 11.2. The van der Waals surface area contributed by atoms with Crippen LogP contribution in [-0.2, 0) is 0 Å². The SMILES string of the molecule is O=C(N[C@H]1CCCNC1)c1ccc2c(c1)OCCCO2. The minimum absolute atomic E-state index is 0.0469. The number of nitrogens with one attached hydrogen (secondary N) is 2. The molecule has 2 aliphatic heterocycles. The Bertz CT molecular complexity index is 484. The number of benzene rings is 1. The summed E-state index contributed by atoms with van der Waals surface area (Å²) in [6.45, 7) is 3.17. The average molecular weight is 276 g/mol. The molecule has 3 rings (SSSR count). The van der Waals surface area contributed by atoms with E-state index in [0.29, 0.717) is 24.5 Å². The molecule has 5 heteroatoms. The summed E-state index contributed by atoms with van der Waals surface area (Å²) in [6.07, 6.45) is 3.00. The first-order chi connectivity index (χ1) is 9.83. The van der Waals surface area contributed by atoms with Crippen molar-refractivity contribution in [2.24, 2.45) is 0 Å². The van der Waals surface area contributed by atoms with Gasteiger partial charge in [-0.2, -0.15) is 0 Å². The van der Waals surface area contributed by atoms with Crippen LogP contribution in [0.4, 0.5) is 0 Å². The van der Waals surface area contributed by atoms with E-state index in [4.69, 9.17) is 9.47 Å². The Morgan fingerprint density at radius 2 is 2.05 bits per heavy atom. The van der Waals surface area contributed by atoms with Gasteiger partial charge in [-0.05, 0) is 37.6 Å². The largest absolute Gasteiger partial charge is 0.490 e. The van der Waals surface area contributed by atoms with Gasteiger partial charge in [-0.25, -0.2) is 0 Å². The molecule has 0 aliphatic carbocycles. The van der Waals surface area contributed by atoms with Crippen molar-refractivity contribution in [1.29, 1.82) is 0 Å². The summed E-state index contributed by atoms with van der Waals surface area (Å²) in [7, 11) is 0. The number of ether oxygens (including phenoxy) is 2. The van der Waals surface area contributed by atoms with Gasteiger partial charge in [-0.15, -0.1) is 0 Å². The van der Waals surface area contributed by atoms with E-state index in [1.807, 2.05) is 6.07 Å². The maximum absolute atomic E-state index is 12.2. The van der Waals surface area contributed by atoms with Crippen LogP contribution in [0, 0.1) is 0 Å². The van der Waals surface area contributed by atoms with E-state index < -0.39 is 0 Å². The lowest BCUT2D eigenvalue weighted by molar-refractivity contribution is 0.0930. The van der Waals surface area contributed by atoms with Crippen molar-refractivity contribution in [3.63, 3.8) is 0 Å². The zero-order valence-electron chi connectivity index (χ0n) is 11.5. The van der Waals surface area contributed by atoms with E-state index in [1.54, 1.807) is 12.1 Å². The smallest absolute Gasteiger partial charge is 0.251 e. The molecule has 0 saturated carbocycles. The number of carbonyl (C=O) groups is 1. The molecule has 1 fully saturated rings. The molecule has 1 amide bonds. The number of hydrogen-bond acceptors (Lipinski definition) is 4. The van der Waals surface area contributed by atoms with Crippen LogP contribution in [0.25, 0.3) is 0 Å². The lowest BCUT2D eigenvalue weighted by Gasteiger charge is -2.23. The monoisotopic (exact) mass is 276 g/mol. The fraction of sp³-hybridized carbons (Fsp3) is 0.533. The fourth-order valence-electron chi connectivity index (χ4n) is 2.55. The summed E-state index contributed by atoms with van der Waals surface area (Å²) in [5.74, 6) is 1.34. The molecule has 1 atom stereocenters. The van der Waals surface area contributed by atoms with E-state index >= 15 is 0 Å². The Hall–Kier alpha value is -1.75. The van der Waals surface area contributed by atoms with E-state index in [1.165, 1.54) is 0 Å². The van der Waals surface area contributed by atoms with E-state index in [9.17, 15) is 4.79 Å². The Morgan fingerprint density at radius 3 is 2.85 bits per heavy atom. The quantitative estimate of drug-likeness (QED) is 0.855. The number of amides is 1. The van der Waals surface area contributed by atoms with Crippen LogP contribution < -0.4 is 20.1 Å². The second-order valence-corrected chi connectivity index (χ2v) is 5.23. The Morgan fingerprint density at radius 1 is 1.20 bits per heavy atom. The highest BCUT2D eigenvalue weighted by Crippen LogP contribution is 2.30. The molecular formula is C15H20N2O3. The van der Waals surface area contributed by atoms with Crippen LogP contribution >= 0.6 is 0 Å². The molecule has 108 valence electrons. The number of hydrogen-bond donors (Lipinski definition) is 2. The highest BCUT2D eigenvalue weighted by Gasteiger charge is 2.18. The van der Waals surface area contributed by atoms with Crippen LogP contribution in [0.5, 0.6) is 11.5 Å². The van der Waals surface area contributed by atoms with E-state index in [2.05, 4.69) is 10.6 Å². The van der Waals surface area contributed by atoms with Crippen molar-refractivity contribution < 1.29 is 14.3 Å². The number of piperidine rings is 1. The van der Waals surface area contributed by atoms with Crippen molar-refractivity contribution in [3.05, 3.63) is 23.8 Å². The molecule has 2 N–H and O–H groups in total. The van der Waals surface area contributed by atoms with Gasteiger partial charge < -0.3 is 20.1 Å². The van der Waals surface area contributed by atoms with Crippen LogP contribution in [-0.4, -0.2) is 38.3 Å².